The van der Waals surface area contributed by atoms with Crippen LogP contribution in [0.25, 0.3) is 0 Å². The van der Waals surface area contributed by atoms with E-state index in [0.717, 1.165) is 6.07 Å². The Balaban J connectivity index is 1.85. The number of hydrogen-bond acceptors (Lipinski definition) is 7. The van der Waals surface area contributed by atoms with Gasteiger partial charge in [0, 0.05) is 5.56 Å². The highest BCUT2D eigenvalue weighted by Gasteiger charge is 2.20. The standard InChI is InChI=1S/C24H24N2O7S/c1-4-13-33-22-12-9-16(14-23(22)32-3)24(28)25-19-15-17(10-11-20(19)27)34(29,30)26-18-7-5-6-8-21(18)31-2/h4-12,14-15,26-27H,1,13H2,2-3H3,(H,25,28). The first-order chi connectivity index (χ1) is 16.3. The van der Waals surface area contributed by atoms with E-state index in [9.17, 15) is 18.3 Å². The normalized spacial score (nSPS) is 10.8. The number of phenols is 1. The molecule has 0 saturated carbocycles. The molecule has 0 aliphatic rings. The Labute approximate surface area is 197 Å². The van der Waals surface area contributed by atoms with Crippen LogP contribution in [0.3, 0.4) is 0 Å². The van der Waals surface area contributed by atoms with Crippen LogP contribution in [0.4, 0.5) is 11.4 Å². The van der Waals surface area contributed by atoms with Crippen molar-refractivity contribution in [1.82, 2.24) is 0 Å². The largest absolute Gasteiger partial charge is 0.506 e. The number of anilines is 2. The van der Waals surface area contributed by atoms with Crippen LogP contribution in [-0.4, -0.2) is 40.3 Å². The Morgan fingerprint density at radius 2 is 1.71 bits per heavy atom. The van der Waals surface area contributed by atoms with E-state index < -0.39 is 15.9 Å². The number of ether oxygens (including phenoxy) is 3. The number of phenolic OH excluding ortho intramolecular Hbond substituents is 1. The molecule has 0 radical (unpaired) electrons. The van der Waals surface area contributed by atoms with Crippen LogP contribution in [-0.2, 0) is 10.0 Å². The van der Waals surface area contributed by atoms with E-state index in [0.29, 0.717) is 17.2 Å². The third kappa shape index (κ3) is 5.59. The Bertz CT molecular complexity index is 1310. The third-order valence-corrected chi connectivity index (χ3v) is 6.02. The maximum atomic E-state index is 12.9. The minimum Gasteiger partial charge on any atom is -0.506 e. The first-order valence-electron chi connectivity index (χ1n) is 10.0. The van der Waals surface area contributed by atoms with Crippen LogP contribution in [0.2, 0.25) is 0 Å². The molecule has 0 aliphatic heterocycles. The Hall–Kier alpha value is -4.18. The van der Waals surface area contributed by atoms with Gasteiger partial charge in [-0.3, -0.25) is 9.52 Å². The molecule has 0 spiro atoms. The highest BCUT2D eigenvalue weighted by Crippen LogP contribution is 2.32. The smallest absolute Gasteiger partial charge is 0.262 e. The van der Waals surface area contributed by atoms with Crippen molar-refractivity contribution in [3.05, 3.63) is 78.9 Å². The van der Waals surface area contributed by atoms with Crippen molar-refractivity contribution in [2.45, 2.75) is 4.90 Å². The van der Waals surface area contributed by atoms with Crippen LogP contribution in [0.15, 0.2) is 78.2 Å². The number of nitrogens with one attached hydrogen (secondary N) is 2. The second-order valence-electron chi connectivity index (χ2n) is 6.90. The maximum Gasteiger partial charge on any atom is 0.262 e. The lowest BCUT2D eigenvalue weighted by Gasteiger charge is -2.14. The molecular formula is C24H24N2O7S. The van der Waals surface area contributed by atoms with Gasteiger partial charge in [0.05, 0.1) is 30.5 Å². The Morgan fingerprint density at radius 3 is 2.41 bits per heavy atom. The third-order valence-electron chi connectivity index (χ3n) is 4.66. The van der Waals surface area contributed by atoms with E-state index in [1.54, 1.807) is 36.4 Å². The van der Waals surface area contributed by atoms with Crippen LogP contribution in [0.1, 0.15) is 10.4 Å². The number of carbonyl (C=O) groups excluding carboxylic acids is 1. The summed E-state index contributed by atoms with van der Waals surface area (Å²) in [5, 5.41) is 12.7. The van der Waals surface area contributed by atoms with Gasteiger partial charge in [-0.15, -0.1) is 0 Å². The zero-order chi connectivity index (χ0) is 24.7. The number of carbonyl (C=O) groups is 1. The molecule has 3 aromatic carbocycles. The summed E-state index contributed by atoms with van der Waals surface area (Å²) < 4.78 is 44.1. The molecule has 0 bridgehead atoms. The van der Waals surface area contributed by atoms with Gasteiger partial charge in [-0.25, -0.2) is 8.42 Å². The summed E-state index contributed by atoms with van der Waals surface area (Å²) in [5.41, 5.74) is 0.371. The summed E-state index contributed by atoms with van der Waals surface area (Å²) in [6, 6.07) is 14.6. The van der Waals surface area contributed by atoms with Crippen LogP contribution in [0.5, 0.6) is 23.0 Å². The van der Waals surface area contributed by atoms with Crippen molar-refractivity contribution in [3.63, 3.8) is 0 Å². The molecule has 0 unspecified atom stereocenters. The van der Waals surface area contributed by atoms with E-state index in [2.05, 4.69) is 16.6 Å². The van der Waals surface area contributed by atoms with Gasteiger partial charge in [0.2, 0.25) is 0 Å². The molecule has 0 fully saturated rings. The summed E-state index contributed by atoms with van der Waals surface area (Å²) >= 11 is 0. The molecule has 34 heavy (non-hydrogen) atoms. The van der Waals surface area contributed by atoms with Gasteiger partial charge in [-0.2, -0.15) is 0 Å². The highest BCUT2D eigenvalue weighted by molar-refractivity contribution is 7.92. The second-order valence-corrected chi connectivity index (χ2v) is 8.59. The van der Waals surface area contributed by atoms with Crippen molar-refractivity contribution >= 4 is 27.3 Å². The fraction of sp³-hybridized carbons (Fsp3) is 0.125. The topological polar surface area (TPSA) is 123 Å². The van der Waals surface area contributed by atoms with Crippen molar-refractivity contribution in [3.8, 4) is 23.0 Å². The molecule has 0 atom stereocenters. The average Bonchev–Trinajstić information content (AvgIpc) is 2.83. The van der Waals surface area contributed by atoms with Gasteiger partial charge in [-0.05, 0) is 48.5 Å². The van der Waals surface area contributed by atoms with E-state index in [1.807, 2.05) is 0 Å². The summed E-state index contributed by atoms with van der Waals surface area (Å²) in [4.78, 5) is 12.6. The SMILES string of the molecule is C=CCOc1ccc(C(=O)Nc2cc(S(=O)(=O)Nc3ccccc3OC)ccc2O)cc1OC. The number of hydrogen-bond donors (Lipinski definition) is 3. The minimum absolute atomic E-state index is 0.0844. The fourth-order valence-corrected chi connectivity index (χ4v) is 4.08. The van der Waals surface area contributed by atoms with Crippen molar-refractivity contribution in [2.24, 2.45) is 0 Å². The Kier molecular flexibility index (Phi) is 7.64. The quantitative estimate of drug-likeness (QED) is 0.293. The molecule has 0 aromatic heterocycles. The molecule has 3 aromatic rings. The number of sulfonamides is 1. The molecule has 3 rings (SSSR count). The monoisotopic (exact) mass is 484 g/mol. The lowest BCUT2D eigenvalue weighted by atomic mass is 10.1. The van der Waals surface area contributed by atoms with E-state index in [4.69, 9.17) is 14.2 Å². The molecular weight excluding hydrogens is 460 g/mol. The minimum atomic E-state index is -4.05. The highest BCUT2D eigenvalue weighted by atomic mass is 32.2. The molecule has 0 saturated heterocycles. The van der Waals surface area contributed by atoms with Crippen molar-refractivity contribution < 1.29 is 32.5 Å². The molecule has 10 heteroatoms. The zero-order valence-corrected chi connectivity index (χ0v) is 19.4. The first kappa shape index (κ1) is 24.5. The van der Waals surface area contributed by atoms with Gasteiger partial charge in [0.1, 0.15) is 18.1 Å². The van der Waals surface area contributed by atoms with Crippen LogP contribution < -0.4 is 24.2 Å². The number of methoxy groups -OCH3 is 2. The molecule has 3 N–H and O–H groups in total. The Morgan fingerprint density at radius 1 is 0.971 bits per heavy atom. The van der Waals surface area contributed by atoms with Gasteiger partial charge in [-0.1, -0.05) is 24.8 Å². The number of para-hydroxylation sites is 2. The summed E-state index contributed by atoms with van der Waals surface area (Å²) in [6.45, 7) is 3.85. The fourth-order valence-electron chi connectivity index (χ4n) is 2.99. The molecule has 0 heterocycles. The number of rotatable bonds is 10. The number of aromatic hydroxyl groups is 1. The van der Waals surface area contributed by atoms with Crippen molar-refractivity contribution in [2.75, 3.05) is 30.9 Å². The van der Waals surface area contributed by atoms with Crippen LogP contribution >= 0.6 is 0 Å². The number of amides is 1. The summed E-state index contributed by atoms with van der Waals surface area (Å²) in [6.07, 6.45) is 1.58. The van der Waals surface area contributed by atoms with Gasteiger partial charge in [0.25, 0.3) is 15.9 Å². The maximum absolute atomic E-state index is 12.9. The molecule has 9 nitrogen and oxygen atoms in total. The zero-order valence-electron chi connectivity index (χ0n) is 18.6. The summed E-state index contributed by atoms with van der Waals surface area (Å²) in [7, 11) is -1.19. The van der Waals surface area contributed by atoms with Crippen LogP contribution in [0, 0.1) is 0 Å². The van der Waals surface area contributed by atoms with Gasteiger partial charge >= 0.3 is 0 Å². The van der Waals surface area contributed by atoms with Crippen molar-refractivity contribution in [1.29, 1.82) is 0 Å². The lowest BCUT2D eigenvalue weighted by Crippen LogP contribution is -2.15. The predicted octanol–water partition coefficient (Wildman–Crippen LogP) is 4.03. The molecule has 178 valence electrons. The van der Waals surface area contributed by atoms with E-state index in [-0.39, 0.29) is 34.2 Å². The van der Waals surface area contributed by atoms with E-state index >= 15 is 0 Å². The average molecular weight is 485 g/mol. The van der Waals surface area contributed by atoms with E-state index in [1.165, 1.54) is 38.5 Å². The number of benzene rings is 3. The predicted molar refractivity (Wildman–Crippen MR) is 129 cm³/mol. The summed E-state index contributed by atoms with van der Waals surface area (Å²) in [5.74, 6) is 0.208. The molecule has 0 aliphatic carbocycles. The van der Waals surface area contributed by atoms with Gasteiger partial charge < -0.3 is 24.6 Å². The second kappa shape index (κ2) is 10.6. The molecule has 1 amide bonds. The first-order valence-corrected chi connectivity index (χ1v) is 11.5. The lowest BCUT2D eigenvalue weighted by molar-refractivity contribution is 0.102. The van der Waals surface area contributed by atoms with Gasteiger partial charge in [0.15, 0.2) is 11.5 Å².